The Morgan fingerprint density at radius 3 is 2.81 bits per heavy atom. The SMILES string of the molecule is COCCCNc1ccnc2sc3c(=O)n(-c4ccc(O)cc4)cnc3c12. The summed E-state index contributed by atoms with van der Waals surface area (Å²) < 4.78 is 7.11. The lowest BCUT2D eigenvalue weighted by Crippen LogP contribution is -2.17. The van der Waals surface area contributed by atoms with Crippen LogP contribution in [0.3, 0.4) is 0 Å². The number of anilines is 1. The van der Waals surface area contributed by atoms with E-state index in [9.17, 15) is 9.90 Å². The summed E-state index contributed by atoms with van der Waals surface area (Å²) in [6.45, 7) is 1.44. The highest BCUT2D eigenvalue weighted by atomic mass is 32.1. The molecule has 7 nitrogen and oxygen atoms in total. The molecule has 3 aromatic heterocycles. The largest absolute Gasteiger partial charge is 0.508 e. The Balaban J connectivity index is 1.81. The number of hydrogen-bond donors (Lipinski definition) is 2. The van der Waals surface area contributed by atoms with E-state index in [-0.39, 0.29) is 11.3 Å². The van der Waals surface area contributed by atoms with E-state index in [0.717, 1.165) is 28.9 Å². The molecule has 138 valence electrons. The first-order chi connectivity index (χ1) is 13.2. The first kappa shape index (κ1) is 17.4. The lowest BCUT2D eigenvalue weighted by Gasteiger charge is -2.08. The predicted molar refractivity (Wildman–Crippen MR) is 107 cm³/mol. The number of phenolic OH excluding ortho intramolecular Hbond substituents is 1. The van der Waals surface area contributed by atoms with Crippen LogP contribution in [-0.4, -0.2) is 39.9 Å². The van der Waals surface area contributed by atoms with E-state index in [4.69, 9.17) is 4.74 Å². The third kappa shape index (κ3) is 3.24. The van der Waals surface area contributed by atoms with Crippen molar-refractivity contribution in [2.75, 3.05) is 25.6 Å². The van der Waals surface area contributed by atoms with Gasteiger partial charge in [-0.05, 0) is 36.8 Å². The van der Waals surface area contributed by atoms with E-state index in [1.807, 2.05) is 6.07 Å². The second kappa shape index (κ2) is 7.34. The van der Waals surface area contributed by atoms with Crippen molar-refractivity contribution in [1.82, 2.24) is 14.5 Å². The Hall–Kier alpha value is -2.97. The molecule has 8 heteroatoms. The van der Waals surface area contributed by atoms with Gasteiger partial charge in [-0.25, -0.2) is 9.97 Å². The lowest BCUT2D eigenvalue weighted by molar-refractivity contribution is 0.198. The second-order valence-corrected chi connectivity index (χ2v) is 7.03. The minimum absolute atomic E-state index is 0.149. The molecule has 0 bridgehead atoms. The molecule has 0 atom stereocenters. The minimum Gasteiger partial charge on any atom is -0.508 e. The molecule has 27 heavy (non-hydrogen) atoms. The maximum atomic E-state index is 13.0. The van der Waals surface area contributed by atoms with Crippen LogP contribution in [0.4, 0.5) is 5.69 Å². The molecule has 0 amide bonds. The van der Waals surface area contributed by atoms with Crippen molar-refractivity contribution in [1.29, 1.82) is 0 Å². The van der Waals surface area contributed by atoms with Crippen molar-refractivity contribution in [2.45, 2.75) is 6.42 Å². The highest BCUT2D eigenvalue weighted by Crippen LogP contribution is 2.34. The van der Waals surface area contributed by atoms with E-state index >= 15 is 0 Å². The summed E-state index contributed by atoms with van der Waals surface area (Å²) in [5, 5.41) is 13.7. The van der Waals surface area contributed by atoms with Gasteiger partial charge in [0, 0.05) is 32.1 Å². The first-order valence-corrected chi connectivity index (χ1v) is 9.32. The number of phenols is 1. The zero-order valence-electron chi connectivity index (χ0n) is 14.7. The van der Waals surface area contributed by atoms with Gasteiger partial charge in [0.25, 0.3) is 5.56 Å². The monoisotopic (exact) mass is 382 g/mol. The summed E-state index contributed by atoms with van der Waals surface area (Å²) in [7, 11) is 1.68. The van der Waals surface area contributed by atoms with E-state index in [0.29, 0.717) is 22.5 Å². The number of nitrogens with zero attached hydrogens (tertiary/aromatic N) is 3. The number of thiophene rings is 1. The molecule has 4 aromatic rings. The van der Waals surface area contributed by atoms with Gasteiger partial charge in [-0.15, -0.1) is 11.3 Å². The third-order valence-corrected chi connectivity index (χ3v) is 5.33. The van der Waals surface area contributed by atoms with Crippen LogP contribution in [0.2, 0.25) is 0 Å². The zero-order valence-corrected chi connectivity index (χ0v) is 15.5. The number of nitrogens with one attached hydrogen (secondary N) is 1. The normalized spacial score (nSPS) is 11.3. The number of ether oxygens (including phenoxy) is 1. The maximum Gasteiger partial charge on any atom is 0.275 e. The maximum absolute atomic E-state index is 13.0. The standard InChI is InChI=1S/C19H18N4O3S/c1-26-10-2-8-20-14-7-9-21-18-15(14)16-17(27-18)19(25)23(11-22-16)12-3-5-13(24)6-4-12/h3-7,9,11,24H,2,8,10H2,1H3,(H,20,21). The quantitative estimate of drug-likeness (QED) is 0.498. The van der Waals surface area contributed by atoms with Gasteiger partial charge in [-0.3, -0.25) is 9.36 Å². The van der Waals surface area contributed by atoms with E-state index < -0.39 is 0 Å². The highest BCUT2D eigenvalue weighted by molar-refractivity contribution is 7.25. The van der Waals surface area contributed by atoms with Crippen LogP contribution in [0, 0.1) is 0 Å². The van der Waals surface area contributed by atoms with Gasteiger partial charge in [0.1, 0.15) is 21.6 Å². The molecule has 0 aliphatic heterocycles. The van der Waals surface area contributed by atoms with Crippen LogP contribution < -0.4 is 10.9 Å². The number of benzene rings is 1. The molecular weight excluding hydrogens is 364 g/mol. The molecule has 0 aliphatic carbocycles. The van der Waals surface area contributed by atoms with Gasteiger partial charge in [-0.2, -0.15) is 0 Å². The Kier molecular flexibility index (Phi) is 4.74. The fourth-order valence-corrected chi connectivity index (χ4v) is 3.99. The van der Waals surface area contributed by atoms with Crippen molar-refractivity contribution in [3.63, 3.8) is 0 Å². The molecule has 4 rings (SSSR count). The molecule has 0 fully saturated rings. The van der Waals surface area contributed by atoms with Gasteiger partial charge in [0.05, 0.1) is 16.6 Å². The van der Waals surface area contributed by atoms with Crippen LogP contribution in [0.15, 0.2) is 47.7 Å². The fraction of sp³-hybridized carbons (Fsp3) is 0.211. The van der Waals surface area contributed by atoms with Gasteiger partial charge in [0.15, 0.2) is 0 Å². The molecule has 2 N–H and O–H groups in total. The van der Waals surface area contributed by atoms with Crippen LogP contribution in [-0.2, 0) is 4.74 Å². The van der Waals surface area contributed by atoms with Gasteiger partial charge in [0.2, 0.25) is 0 Å². The van der Waals surface area contributed by atoms with Crippen LogP contribution in [0.5, 0.6) is 5.75 Å². The summed E-state index contributed by atoms with van der Waals surface area (Å²) in [5.41, 5.74) is 2.06. The third-order valence-electron chi connectivity index (χ3n) is 4.25. The number of pyridine rings is 1. The average molecular weight is 382 g/mol. The average Bonchev–Trinajstić information content (AvgIpc) is 3.07. The number of aromatic nitrogens is 3. The van der Waals surface area contributed by atoms with Crippen LogP contribution in [0.1, 0.15) is 6.42 Å². The van der Waals surface area contributed by atoms with Crippen LogP contribution in [0.25, 0.3) is 26.1 Å². The van der Waals surface area contributed by atoms with Crippen LogP contribution >= 0.6 is 11.3 Å². The Labute approximate surface area is 158 Å². The lowest BCUT2D eigenvalue weighted by atomic mass is 10.2. The van der Waals surface area contributed by atoms with E-state index in [1.165, 1.54) is 22.2 Å². The van der Waals surface area contributed by atoms with Gasteiger partial charge >= 0.3 is 0 Å². The topological polar surface area (TPSA) is 89.3 Å². The first-order valence-electron chi connectivity index (χ1n) is 8.50. The molecule has 0 saturated heterocycles. The van der Waals surface area contributed by atoms with E-state index in [2.05, 4.69) is 15.3 Å². The number of fused-ring (bicyclic) bond motifs is 3. The van der Waals surface area contributed by atoms with Crippen molar-refractivity contribution in [3.8, 4) is 11.4 Å². The Morgan fingerprint density at radius 1 is 1.22 bits per heavy atom. The number of methoxy groups -OCH3 is 1. The molecule has 3 heterocycles. The summed E-state index contributed by atoms with van der Waals surface area (Å²) in [5.74, 6) is 0.149. The molecule has 0 spiro atoms. The van der Waals surface area contributed by atoms with E-state index in [1.54, 1.807) is 37.6 Å². The molecule has 1 aromatic carbocycles. The van der Waals surface area contributed by atoms with Crippen molar-refractivity contribution in [2.24, 2.45) is 0 Å². The minimum atomic E-state index is -0.154. The predicted octanol–water partition coefficient (Wildman–Crippen LogP) is 3.15. The zero-order chi connectivity index (χ0) is 18.8. The Bertz CT molecular complexity index is 1150. The number of rotatable bonds is 6. The summed E-state index contributed by atoms with van der Waals surface area (Å²) >= 11 is 1.34. The van der Waals surface area contributed by atoms with Gasteiger partial charge in [-0.1, -0.05) is 0 Å². The highest BCUT2D eigenvalue weighted by Gasteiger charge is 2.16. The summed E-state index contributed by atoms with van der Waals surface area (Å²) in [4.78, 5) is 22.7. The summed E-state index contributed by atoms with van der Waals surface area (Å²) in [6.07, 6.45) is 4.13. The molecular formula is C19H18N4O3S. The van der Waals surface area contributed by atoms with Crippen molar-refractivity contribution in [3.05, 3.63) is 53.2 Å². The molecule has 0 saturated carbocycles. The number of aromatic hydroxyl groups is 1. The van der Waals surface area contributed by atoms with Crippen molar-refractivity contribution >= 4 is 37.5 Å². The molecule has 0 aliphatic rings. The smallest absolute Gasteiger partial charge is 0.275 e. The molecule has 0 radical (unpaired) electrons. The fourth-order valence-electron chi connectivity index (χ4n) is 2.94. The summed E-state index contributed by atoms with van der Waals surface area (Å²) in [6, 6.07) is 8.34. The van der Waals surface area contributed by atoms with Gasteiger partial charge < -0.3 is 15.2 Å². The second-order valence-electron chi connectivity index (χ2n) is 6.03. The number of hydrogen-bond acceptors (Lipinski definition) is 7. The van der Waals surface area contributed by atoms with Crippen molar-refractivity contribution < 1.29 is 9.84 Å². The molecule has 0 unspecified atom stereocenters. The Morgan fingerprint density at radius 2 is 2.04 bits per heavy atom.